The minimum atomic E-state index is -0.257. The molecule has 9 heteroatoms. The molecule has 0 unspecified atom stereocenters. The summed E-state index contributed by atoms with van der Waals surface area (Å²) in [5, 5.41) is 9.49. The standard InChI is InChI=1S/C19H17ClN4O3S/c1-11-21-18(27-24-11)10-28-15-6-3-13(4-7-15)19(26)23-14-5-8-17(16(20)9-14)22-12(2)25/h3-9H,10H2,1-2H3,(H,22,25)(H,23,26). The maximum absolute atomic E-state index is 12.4. The molecule has 0 spiro atoms. The van der Waals surface area contributed by atoms with Crippen molar-refractivity contribution in [2.75, 3.05) is 10.6 Å². The van der Waals surface area contributed by atoms with Crippen molar-refractivity contribution < 1.29 is 14.1 Å². The van der Waals surface area contributed by atoms with Crippen molar-refractivity contribution in [1.82, 2.24) is 10.1 Å². The van der Waals surface area contributed by atoms with E-state index in [1.165, 1.54) is 18.7 Å². The second-order valence-electron chi connectivity index (χ2n) is 5.88. The summed E-state index contributed by atoms with van der Waals surface area (Å²) in [6.45, 7) is 3.17. The van der Waals surface area contributed by atoms with Crippen LogP contribution in [0.4, 0.5) is 11.4 Å². The first-order valence-corrected chi connectivity index (χ1v) is 9.67. The summed E-state index contributed by atoms with van der Waals surface area (Å²) < 4.78 is 5.07. The number of nitrogens with zero attached hydrogens (tertiary/aromatic N) is 2. The van der Waals surface area contributed by atoms with Crippen LogP contribution in [0.25, 0.3) is 0 Å². The monoisotopic (exact) mass is 416 g/mol. The van der Waals surface area contributed by atoms with Crippen LogP contribution < -0.4 is 10.6 Å². The zero-order chi connectivity index (χ0) is 20.1. The van der Waals surface area contributed by atoms with Gasteiger partial charge in [0.2, 0.25) is 11.8 Å². The number of thioether (sulfide) groups is 1. The molecule has 2 N–H and O–H groups in total. The molecule has 1 heterocycles. The third-order valence-electron chi connectivity index (χ3n) is 3.59. The number of hydrogen-bond donors (Lipinski definition) is 2. The predicted molar refractivity (Wildman–Crippen MR) is 109 cm³/mol. The van der Waals surface area contributed by atoms with E-state index in [2.05, 4.69) is 20.8 Å². The first-order valence-electron chi connectivity index (χ1n) is 8.31. The lowest BCUT2D eigenvalue weighted by Crippen LogP contribution is -2.12. The van der Waals surface area contributed by atoms with Crippen LogP contribution in [0.2, 0.25) is 5.02 Å². The van der Waals surface area contributed by atoms with E-state index in [1.54, 1.807) is 37.3 Å². The minimum Gasteiger partial charge on any atom is -0.338 e. The molecule has 0 saturated carbocycles. The van der Waals surface area contributed by atoms with Gasteiger partial charge in [-0.1, -0.05) is 16.8 Å². The van der Waals surface area contributed by atoms with E-state index in [0.717, 1.165) is 4.90 Å². The van der Waals surface area contributed by atoms with Gasteiger partial charge < -0.3 is 15.2 Å². The Kier molecular flexibility index (Phi) is 6.33. The Hall–Kier alpha value is -2.84. The van der Waals surface area contributed by atoms with Gasteiger partial charge in [-0.3, -0.25) is 9.59 Å². The van der Waals surface area contributed by atoms with Gasteiger partial charge in [0.25, 0.3) is 5.91 Å². The number of benzene rings is 2. The minimum absolute atomic E-state index is 0.217. The number of anilines is 2. The molecule has 0 aliphatic carbocycles. The van der Waals surface area contributed by atoms with Crippen LogP contribution in [0.3, 0.4) is 0 Å². The predicted octanol–water partition coefficient (Wildman–Crippen LogP) is 4.53. The molecule has 7 nitrogen and oxygen atoms in total. The summed E-state index contributed by atoms with van der Waals surface area (Å²) in [4.78, 5) is 28.7. The number of carbonyl (C=O) groups is 2. The van der Waals surface area contributed by atoms with Gasteiger partial charge in [0, 0.05) is 23.1 Å². The van der Waals surface area contributed by atoms with E-state index in [-0.39, 0.29) is 11.8 Å². The van der Waals surface area contributed by atoms with Crippen LogP contribution >= 0.6 is 23.4 Å². The molecular formula is C19H17ClN4O3S. The number of halogens is 1. The van der Waals surface area contributed by atoms with E-state index in [1.807, 2.05) is 12.1 Å². The van der Waals surface area contributed by atoms with Crippen LogP contribution in [0, 0.1) is 6.92 Å². The number of carbonyl (C=O) groups excluding carboxylic acids is 2. The topological polar surface area (TPSA) is 97.1 Å². The zero-order valence-corrected chi connectivity index (χ0v) is 16.7. The van der Waals surface area contributed by atoms with Crippen LogP contribution in [-0.2, 0) is 10.5 Å². The normalized spacial score (nSPS) is 10.5. The summed E-state index contributed by atoms with van der Waals surface area (Å²) in [6.07, 6.45) is 0. The van der Waals surface area contributed by atoms with Gasteiger partial charge in [-0.25, -0.2) is 0 Å². The van der Waals surface area contributed by atoms with Gasteiger partial charge in [0.15, 0.2) is 5.82 Å². The number of aromatic nitrogens is 2. The fourth-order valence-electron chi connectivity index (χ4n) is 2.33. The first kappa shape index (κ1) is 19.9. The molecule has 0 radical (unpaired) electrons. The lowest BCUT2D eigenvalue weighted by molar-refractivity contribution is -0.114. The summed E-state index contributed by atoms with van der Waals surface area (Å²) in [6, 6.07) is 12.1. The third kappa shape index (κ3) is 5.34. The highest BCUT2D eigenvalue weighted by atomic mass is 35.5. The van der Waals surface area contributed by atoms with E-state index in [4.69, 9.17) is 16.1 Å². The van der Waals surface area contributed by atoms with Crippen molar-refractivity contribution in [3.05, 3.63) is 64.8 Å². The summed E-state index contributed by atoms with van der Waals surface area (Å²) in [5.74, 6) is 1.25. The Bertz CT molecular complexity index is 1000. The molecular weight excluding hydrogens is 400 g/mol. The average Bonchev–Trinajstić information content (AvgIpc) is 3.08. The van der Waals surface area contributed by atoms with Crippen LogP contribution in [-0.4, -0.2) is 22.0 Å². The molecule has 2 aromatic carbocycles. The molecule has 1 aromatic heterocycles. The highest BCUT2D eigenvalue weighted by Gasteiger charge is 2.09. The maximum atomic E-state index is 12.4. The molecule has 3 rings (SSSR count). The first-order chi connectivity index (χ1) is 13.4. The van der Waals surface area contributed by atoms with Crippen molar-refractivity contribution in [3.63, 3.8) is 0 Å². The molecule has 0 fully saturated rings. The second kappa shape index (κ2) is 8.90. The number of aryl methyl sites for hydroxylation is 1. The van der Waals surface area contributed by atoms with Gasteiger partial charge in [0.1, 0.15) is 0 Å². The zero-order valence-electron chi connectivity index (χ0n) is 15.2. The van der Waals surface area contributed by atoms with E-state index in [9.17, 15) is 9.59 Å². The molecule has 28 heavy (non-hydrogen) atoms. The van der Waals surface area contributed by atoms with E-state index in [0.29, 0.717) is 39.4 Å². The van der Waals surface area contributed by atoms with Crippen molar-refractivity contribution in [2.45, 2.75) is 24.5 Å². The van der Waals surface area contributed by atoms with Crippen molar-refractivity contribution in [2.24, 2.45) is 0 Å². The Balaban J connectivity index is 1.59. The number of amides is 2. The summed E-state index contributed by atoms with van der Waals surface area (Å²) in [7, 11) is 0. The Morgan fingerprint density at radius 2 is 1.89 bits per heavy atom. The van der Waals surface area contributed by atoms with Gasteiger partial charge in [0.05, 0.1) is 16.5 Å². The molecule has 0 atom stereocenters. The lowest BCUT2D eigenvalue weighted by atomic mass is 10.2. The van der Waals surface area contributed by atoms with Crippen molar-refractivity contribution in [1.29, 1.82) is 0 Å². The molecule has 3 aromatic rings. The van der Waals surface area contributed by atoms with Crippen molar-refractivity contribution in [3.8, 4) is 0 Å². The molecule has 0 aliphatic heterocycles. The van der Waals surface area contributed by atoms with Gasteiger partial charge in [-0.05, 0) is 49.4 Å². The van der Waals surface area contributed by atoms with Crippen molar-refractivity contribution >= 4 is 46.6 Å². The van der Waals surface area contributed by atoms with E-state index >= 15 is 0 Å². The van der Waals surface area contributed by atoms with Gasteiger partial charge in [-0.2, -0.15) is 4.98 Å². The van der Waals surface area contributed by atoms with Crippen LogP contribution in [0.15, 0.2) is 51.9 Å². The molecule has 0 saturated heterocycles. The largest absolute Gasteiger partial charge is 0.338 e. The summed E-state index contributed by atoms with van der Waals surface area (Å²) >= 11 is 7.66. The molecule has 144 valence electrons. The highest BCUT2D eigenvalue weighted by molar-refractivity contribution is 7.98. The van der Waals surface area contributed by atoms with Gasteiger partial charge in [-0.15, -0.1) is 11.8 Å². The Morgan fingerprint density at radius 3 is 2.50 bits per heavy atom. The Morgan fingerprint density at radius 1 is 1.14 bits per heavy atom. The molecule has 2 amide bonds. The number of rotatable bonds is 6. The SMILES string of the molecule is CC(=O)Nc1ccc(NC(=O)c2ccc(SCc3nc(C)no3)cc2)cc1Cl. The summed E-state index contributed by atoms with van der Waals surface area (Å²) in [5.41, 5.74) is 1.54. The third-order valence-corrected chi connectivity index (χ3v) is 4.90. The number of hydrogen-bond acceptors (Lipinski definition) is 6. The van der Waals surface area contributed by atoms with Crippen LogP contribution in [0.5, 0.6) is 0 Å². The second-order valence-corrected chi connectivity index (χ2v) is 7.33. The quantitative estimate of drug-likeness (QED) is 0.573. The van der Waals surface area contributed by atoms with Crippen LogP contribution in [0.1, 0.15) is 29.0 Å². The maximum Gasteiger partial charge on any atom is 0.255 e. The average molecular weight is 417 g/mol. The fraction of sp³-hybridized carbons (Fsp3) is 0.158. The Labute approximate surface area is 170 Å². The van der Waals surface area contributed by atoms with Gasteiger partial charge >= 0.3 is 0 Å². The molecule has 0 bridgehead atoms. The number of nitrogens with one attached hydrogen (secondary N) is 2. The smallest absolute Gasteiger partial charge is 0.255 e. The lowest BCUT2D eigenvalue weighted by Gasteiger charge is -2.09. The highest BCUT2D eigenvalue weighted by Crippen LogP contribution is 2.26. The van der Waals surface area contributed by atoms with E-state index < -0.39 is 0 Å². The fourth-order valence-corrected chi connectivity index (χ4v) is 3.30. The molecule has 0 aliphatic rings.